The van der Waals surface area contributed by atoms with Crippen LogP contribution in [0.25, 0.3) is 0 Å². The van der Waals surface area contributed by atoms with Gasteiger partial charge in [-0.05, 0) is 37.5 Å². The summed E-state index contributed by atoms with van der Waals surface area (Å²) < 4.78 is 0. The molecule has 4 nitrogen and oxygen atoms in total. The van der Waals surface area contributed by atoms with E-state index in [-0.39, 0.29) is 0 Å². The summed E-state index contributed by atoms with van der Waals surface area (Å²) in [5.74, 6) is 4.66. The first-order valence-electron chi connectivity index (χ1n) is 7.09. The van der Waals surface area contributed by atoms with Gasteiger partial charge in [0.25, 0.3) is 0 Å². The van der Waals surface area contributed by atoms with Crippen molar-refractivity contribution in [2.45, 2.75) is 44.9 Å². The molecule has 2 unspecified atom stereocenters. The van der Waals surface area contributed by atoms with Crippen molar-refractivity contribution in [2.24, 2.45) is 11.8 Å². The average molecular weight is 246 g/mol. The Morgan fingerprint density at radius 1 is 1.28 bits per heavy atom. The molecule has 0 bridgehead atoms. The molecule has 0 radical (unpaired) electrons. The summed E-state index contributed by atoms with van der Waals surface area (Å²) in [5, 5.41) is 3.44. The quantitative estimate of drug-likeness (QED) is 0.857. The number of anilines is 2. The van der Waals surface area contributed by atoms with Crippen molar-refractivity contribution in [1.29, 1.82) is 0 Å². The molecule has 1 heterocycles. The zero-order valence-corrected chi connectivity index (χ0v) is 11.0. The Morgan fingerprint density at radius 2 is 2.11 bits per heavy atom. The predicted octanol–water partition coefficient (Wildman–Crippen LogP) is 2.78. The molecule has 0 aromatic carbocycles. The van der Waals surface area contributed by atoms with E-state index in [1.807, 2.05) is 6.07 Å². The van der Waals surface area contributed by atoms with Crippen LogP contribution in [0, 0.1) is 11.8 Å². The first-order valence-corrected chi connectivity index (χ1v) is 7.09. The number of nitrogens with zero attached hydrogens (tertiary/aromatic N) is 2. The van der Waals surface area contributed by atoms with E-state index in [0.717, 1.165) is 30.0 Å². The molecule has 1 aromatic heterocycles. The van der Waals surface area contributed by atoms with Gasteiger partial charge in [0.1, 0.15) is 17.5 Å². The summed E-state index contributed by atoms with van der Waals surface area (Å²) in [5.41, 5.74) is 5.84. The fraction of sp³-hybridized carbons (Fsp3) is 0.714. The van der Waals surface area contributed by atoms with Crippen molar-refractivity contribution in [1.82, 2.24) is 9.97 Å². The summed E-state index contributed by atoms with van der Waals surface area (Å²) in [7, 11) is 0. The molecule has 0 spiro atoms. The highest BCUT2D eigenvalue weighted by molar-refractivity contribution is 5.45. The van der Waals surface area contributed by atoms with Crippen LogP contribution in [0.3, 0.4) is 0 Å². The van der Waals surface area contributed by atoms with Crippen LogP contribution < -0.4 is 11.1 Å². The number of hydrogen-bond acceptors (Lipinski definition) is 4. The van der Waals surface area contributed by atoms with Gasteiger partial charge in [-0.25, -0.2) is 9.97 Å². The monoisotopic (exact) mass is 246 g/mol. The fourth-order valence-corrected chi connectivity index (χ4v) is 2.86. The van der Waals surface area contributed by atoms with E-state index in [0.29, 0.717) is 11.7 Å². The minimum absolute atomic E-state index is 0.556. The van der Waals surface area contributed by atoms with Crippen LogP contribution in [-0.2, 0) is 0 Å². The number of hydrogen-bond donors (Lipinski definition) is 2. The lowest BCUT2D eigenvalue weighted by atomic mass is 10.1. The molecular weight excluding hydrogens is 224 g/mol. The largest absolute Gasteiger partial charge is 0.384 e. The summed E-state index contributed by atoms with van der Waals surface area (Å²) >= 11 is 0. The Bertz CT molecular complexity index is 428. The molecular formula is C14H22N4. The second kappa shape index (κ2) is 4.75. The van der Waals surface area contributed by atoms with E-state index in [9.17, 15) is 0 Å². The van der Waals surface area contributed by atoms with Gasteiger partial charge in [0.2, 0.25) is 0 Å². The van der Waals surface area contributed by atoms with Crippen molar-refractivity contribution < 1.29 is 0 Å². The van der Waals surface area contributed by atoms with Crippen LogP contribution in [0.5, 0.6) is 0 Å². The molecule has 98 valence electrons. The van der Waals surface area contributed by atoms with Crippen molar-refractivity contribution in [3.05, 3.63) is 11.9 Å². The SMILES string of the molecule is CC1CCC(CNc2cc(N)nc(C3CC3)n2)C1. The molecule has 0 saturated heterocycles. The summed E-state index contributed by atoms with van der Waals surface area (Å²) in [4.78, 5) is 8.89. The second-order valence-corrected chi connectivity index (χ2v) is 5.98. The molecule has 3 rings (SSSR count). The lowest BCUT2D eigenvalue weighted by Gasteiger charge is -2.12. The maximum Gasteiger partial charge on any atom is 0.136 e. The highest BCUT2D eigenvalue weighted by Crippen LogP contribution is 2.38. The molecule has 4 heteroatoms. The van der Waals surface area contributed by atoms with E-state index >= 15 is 0 Å². The standard InChI is InChI=1S/C14H22N4/c1-9-2-3-10(6-9)8-16-13-7-12(15)17-14(18-13)11-4-5-11/h7,9-11H,2-6,8H2,1H3,(H3,15,16,17,18). The number of nitrogens with two attached hydrogens (primary N) is 1. The molecule has 0 aliphatic heterocycles. The third kappa shape index (κ3) is 2.74. The van der Waals surface area contributed by atoms with Gasteiger partial charge < -0.3 is 11.1 Å². The number of nitrogen functional groups attached to an aromatic ring is 1. The lowest BCUT2D eigenvalue weighted by molar-refractivity contribution is 0.536. The minimum atomic E-state index is 0.556. The van der Waals surface area contributed by atoms with E-state index in [2.05, 4.69) is 22.2 Å². The first-order chi connectivity index (χ1) is 8.70. The molecule has 18 heavy (non-hydrogen) atoms. The maximum atomic E-state index is 5.84. The highest BCUT2D eigenvalue weighted by atomic mass is 15.1. The maximum absolute atomic E-state index is 5.84. The first kappa shape index (κ1) is 11.8. The molecule has 0 amide bonds. The second-order valence-electron chi connectivity index (χ2n) is 5.98. The van der Waals surface area contributed by atoms with Gasteiger partial charge in [-0.2, -0.15) is 0 Å². The normalized spacial score (nSPS) is 27.4. The Hall–Kier alpha value is -1.32. The van der Waals surface area contributed by atoms with Gasteiger partial charge in [0.15, 0.2) is 0 Å². The van der Waals surface area contributed by atoms with E-state index in [1.54, 1.807) is 0 Å². The van der Waals surface area contributed by atoms with Crippen LogP contribution in [0.15, 0.2) is 6.07 Å². The van der Waals surface area contributed by atoms with Crippen molar-refractivity contribution >= 4 is 11.6 Å². The van der Waals surface area contributed by atoms with E-state index in [1.165, 1.54) is 32.1 Å². The van der Waals surface area contributed by atoms with Crippen LogP contribution in [0.2, 0.25) is 0 Å². The molecule has 2 aliphatic carbocycles. The predicted molar refractivity (Wildman–Crippen MR) is 73.4 cm³/mol. The molecule has 1 aromatic rings. The Balaban J connectivity index is 1.61. The van der Waals surface area contributed by atoms with E-state index in [4.69, 9.17) is 5.73 Å². The summed E-state index contributed by atoms with van der Waals surface area (Å²) in [6.07, 6.45) is 6.46. The average Bonchev–Trinajstić information content (AvgIpc) is 3.10. The van der Waals surface area contributed by atoms with Gasteiger partial charge in [0.05, 0.1) is 0 Å². The zero-order valence-electron chi connectivity index (χ0n) is 11.0. The summed E-state index contributed by atoms with van der Waals surface area (Å²) in [6.45, 7) is 3.36. The van der Waals surface area contributed by atoms with Crippen LogP contribution in [-0.4, -0.2) is 16.5 Å². The number of rotatable bonds is 4. The lowest BCUT2D eigenvalue weighted by Crippen LogP contribution is -2.13. The number of aromatic nitrogens is 2. The molecule has 2 aliphatic rings. The van der Waals surface area contributed by atoms with Crippen molar-refractivity contribution in [3.63, 3.8) is 0 Å². The Kier molecular flexibility index (Phi) is 3.10. The number of nitrogens with one attached hydrogen (secondary N) is 1. The van der Waals surface area contributed by atoms with Gasteiger partial charge >= 0.3 is 0 Å². The molecule has 2 fully saturated rings. The third-order valence-electron chi connectivity index (χ3n) is 4.08. The van der Waals surface area contributed by atoms with Gasteiger partial charge in [-0.3, -0.25) is 0 Å². The third-order valence-corrected chi connectivity index (χ3v) is 4.08. The molecule has 2 atom stereocenters. The van der Waals surface area contributed by atoms with Gasteiger partial charge in [-0.1, -0.05) is 13.3 Å². The smallest absolute Gasteiger partial charge is 0.136 e. The highest BCUT2D eigenvalue weighted by Gasteiger charge is 2.27. The molecule has 3 N–H and O–H groups in total. The van der Waals surface area contributed by atoms with Gasteiger partial charge in [0, 0.05) is 18.5 Å². The van der Waals surface area contributed by atoms with E-state index < -0.39 is 0 Å². The van der Waals surface area contributed by atoms with Crippen LogP contribution in [0.1, 0.15) is 50.8 Å². The molecule has 2 saturated carbocycles. The zero-order chi connectivity index (χ0) is 12.5. The Labute approximate surface area is 108 Å². The van der Waals surface area contributed by atoms with Crippen LogP contribution >= 0.6 is 0 Å². The van der Waals surface area contributed by atoms with Crippen molar-refractivity contribution in [3.8, 4) is 0 Å². The van der Waals surface area contributed by atoms with Gasteiger partial charge in [-0.15, -0.1) is 0 Å². The Morgan fingerprint density at radius 3 is 2.78 bits per heavy atom. The minimum Gasteiger partial charge on any atom is -0.384 e. The summed E-state index contributed by atoms with van der Waals surface area (Å²) in [6, 6.07) is 1.85. The fourth-order valence-electron chi connectivity index (χ4n) is 2.86. The van der Waals surface area contributed by atoms with Crippen LogP contribution in [0.4, 0.5) is 11.6 Å². The topological polar surface area (TPSA) is 63.8 Å². The van der Waals surface area contributed by atoms with Crippen molar-refractivity contribution in [2.75, 3.05) is 17.6 Å².